The summed E-state index contributed by atoms with van der Waals surface area (Å²) in [6, 6.07) is 7.26. The Labute approximate surface area is 148 Å². The minimum atomic E-state index is -0.790. The van der Waals surface area contributed by atoms with E-state index < -0.39 is 5.97 Å². The normalized spacial score (nSPS) is 22.2. The number of aromatic hydroxyl groups is 1. The van der Waals surface area contributed by atoms with Crippen LogP contribution in [0.5, 0.6) is 5.75 Å². The number of hydrogen-bond donors (Lipinski definition) is 2. The monoisotopic (exact) mass is 345 g/mol. The Kier molecular flexibility index (Phi) is 5.30. The van der Waals surface area contributed by atoms with E-state index in [1.165, 1.54) is 5.56 Å². The number of carbonyl (C=O) groups is 2. The second kappa shape index (κ2) is 7.46. The Morgan fingerprint density at radius 1 is 1.12 bits per heavy atom. The Balaban J connectivity index is 1.55. The fourth-order valence-corrected chi connectivity index (χ4v) is 4.49. The molecule has 1 aromatic rings. The smallest absolute Gasteiger partial charge is 0.303 e. The molecule has 1 unspecified atom stereocenters. The Morgan fingerprint density at radius 2 is 1.80 bits per heavy atom. The van der Waals surface area contributed by atoms with Gasteiger partial charge in [0.05, 0.1) is 6.42 Å². The maximum Gasteiger partial charge on any atom is 0.303 e. The summed E-state index contributed by atoms with van der Waals surface area (Å²) in [4.78, 5) is 25.9. The number of benzene rings is 1. The summed E-state index contributed by atoms with van der Waals surface area (Å²) in [7, 11) is 0. The highest BCUT2D eigenvalue weighted by Crippen LogP contribution is 2.44. The van der Waals surface area contributed by atoms with Gasteiger partial charge in [-0.3, -0.25) is 9.59 Å². The van der Waals surface area contributed by atoms with Crippen LogP contribution in [0.3, 0.4) is 0 Å². The highest BCUT2D eigenvalue weighted by atomic mass is 16.4. The first-order valence-corrected chi connectivity index (χ1v) is 9.23. The van der Waals surface area contributed by atoms with Gasteiger partial charge >= 0.3 is 5.97 Å². The van der Waals surface area contributed by atoms with Gasteiger partial charge in [0, 0.05) is 19.5 Å². The Morgan fingerprint density at radius 3 is 2.44 bits per heavy atom. The van der Waals surface area contributed by atoms with Gasteiger partial charge in [-0.1, -0.05) is 25.0 Å². The molecule has 0 aromatic heterocycles. The van der Waals surface area contributed by atoms with Crippen LogP contribution in [0.4, 0.5) is 0 Å². The first kappa shape index (κ1) is 17.8. The lowest BCUT2D eigenvalue weighted by Gasteiger charge is -2.29. The molecule has 5 heteroatoms. The van der Waals surface area contributed by atoms with Gasteiger partial charge in [-0.25, -0.2) is 0 Å². The lowest BCUT2D eigenvalue weighted by atomic mass is 9.79. The largest absolute Gasteiger partial charge is 0.508 e. The highest BCUT2D eigenvalue weighted by Gasteiger charge is 2.40. The Bertz CT molecular complexity index is 619. The average Bonchev–Trinajstić information content (AvgIpc) is 3.19. The summed E-state index contributed by atoms with van der Waals surface area (Å²) in [5.74, 6) is 0.0393. The Hall–Kier alpha value is -2.04. The number of hydrogen-bond acceptors (Lipinski definition) is 3. The number of likely N-dealkylation sites (tertiary alicyclic amines) is 1. The number of aliphatic carboxylic acids is 1. The number of amides is 1. The van der Waals surface area contributed by atoms with Crippen LogP contribution >= 0.6 is 0 Å². The van der Waals surface area contributed by atoms with E-state index in [9.17, 15) is 19.8 Å². The molecule has 2 fully saturated rings. The number of nitrogens with zero attached hydrogens (tertiary/aromatic N) is 1. The molecule has 1 aliphatic carbocycles. The summed E-state index contributed by atoms with van der Waals surface area (Å²) in [6.45, 7) is 1.52. The van der Waals surface area contributed by atoms with E-state index in [2.05, 4.69) is 0 Å². The molecule has 136 valence electrons. The maximum absolute atomic E-state index is 12.7. The van der Waals surface area contributed by atoms with Crippen LogP contribution in [0.1, 0.15) is 50.5 Å². The van der Waals surface area contributed by atoms with Crippen molar-refractivity contribution in [1.82, 2.24) is 4.90 Å². The topological polar surface area (TPSA) is 77.8 Å². The summed E-state index contributed by atoms with van der Waals surface area (Å²) in [5.41, 5.74) is 0.855. The zero-order valence-electron chi connectivity index (χ0n) is 14.6. The SMILES string of the molecule is O=C(O)CC1(CC(=O)N2CCC(Cc3ccc(O)cc3)C2)CCCC1. The number of carboxylic acids is 1. The standard InChI is InChI=1S/C20H27NO4/c22-17-5-3-15(4-6-17)11-16-7-10-21(14-16)18(23)12-20(13-19(24)25)8-1-2-9-20/h3-6,16,22H,1-2,7-14H2,(H,24,25). The van der Waals surface area contributed by atoms with Crippen LogP contribution in [0.2, 0.25) is 0 Å². The quantitative estimate of drug-likeness (QED) is 0.830. The lowest BCUT2D eigenvalue weighted by Crippen LogP contribution is -2.34. The van der Waals surface area contributed by atoms with Crippen molar-refractivity contribution in [3.8, 4) is 5.75 Å². The molecular weight excluding hydrogens is 318 g/mol. The van der Waals surface area contributed by atoms with Crippen molar-refractivity contribution < 1.29 is 19.8 Å². The van der Waals surface area contributed by atoms with Crippen LogP contribution in [0, 0.1) is 11.3 Å². The van der Waals surface area contributed by atoms with Crippen LogP contribution in [-0.4, -0.2) is 40.1 Å². The van der Waals surface area contributed by atoms with Gasteiger partial charge in [0.25, 0.3) is 0 Å². The molecule has 3 rings (SSSR count). The van der Waals surface area contributed by atoms with Gasteiger partial charge in [-0.15, -0.1) is 0 Å². The third-order valence-corrected chi connectivity index (χ3v) is 5.82. The van der Waals surface area contributed by atoms with E-state index in [4.69, 9.17) is 0 Å². The fraction of sp³-hybridized carbons (Fsp3) is 0.600. The van der Waals surface area contributed by atoms with Gasteiger partial charge in [0.2, 0.25) is 5.91 Å². The zero-order valence-corrected chi connectivity index (χ0v) is 14.6. The molecular formula is C20H27NO4. The van der Waals surface area contributed by atoms with Gasteiger partial charge in [-0.2, -0.15) is 0 Å². The van der Waals surface area contributed by atoms with Crippen molar-refractivity contribution in [2.45, 2.75) is 51.4 Å². The molecule has 1 aromatic carbocycles. The summed E-state index contributed by atoms with van der Waals surface area (Å²) >= 11 is 0. The van der Waals surface area contributed by atoms with Crippen LogP contribution in [-0.2, 0) is 16.0 Å². The summed E-state index contributed by atoms with van der Waals surface area (Å²) < 4.78 is 0. The number of phenols is 1. The van der Waals surface area contributed by atoms with Crippen molar-refractivity contribution in [3.05, 3.63) is 29.8 Å². The fourth-order valence-electron chi connectivity index (χ4n) is 4.49. The van der Waals surface area contributed by atoms with Gasteiger partial charge < -0.3 is 15.1 Å². The highest BCUT2D eigenvalue weighted by molar-refractivity contribution is 5.78. The lowest BCUT2D eigenvalue weighted by molar-refractivity contribution is -0.141. The minimum absolute atomic E-state index is 0.115. The first-order chi connectivity index (χ1) is 12.0. The van der Waals surface area contributed by atoms with Crippen molar-refractivity contribution in [1.29, 1.82) is 0 Å². The molecule has 2 N–H and O–H groups in total. The molecule has 1 aliphatic heterocycles. The van der Waals surface area contributed by atoms with E-state index in [1.807, 2.05) is 17.0 Å². The number of rotatable bonds is 6. The first-order valence-electron chi connectivity index (χ1n) is 9.23. The second-order valence-electron chi connectivity index (χ2n) is 7.82. The minimum Gasteiger partial charge on any atom is -0.508 e. The van der Waals surface area contributed by atoms with E-state index >= 15 is 0 Å². The molecule has 1 saturated carbocycles. The maximum atomic E-state index is 12.7. The number of carbonyl (C=O) groups excluding carboxylic acids is 1. The average molecular weight is 345 g/mol. The molecule has 1 saturated heterocycles. The molecule has 0 radical (unpaired) electrons. The summed E-state index contributed by atoms with van der Waals surface area (Å²) in [5, 5.41) is 18.6. The molecule has 0 bridgehead atoms. The van der Waals surface area contributed by atoms with E-state index in [1.54, 1.807) is 12.1 Å². The molecule has 5 nitrogen and oxygen atoms in total. The molecule has 1 atom stereocenters. The zero-order chi connectivity index (χ0) is 17.9. The molecule has 1 heterocycles. The van der Waals surface area contributed by atoms with Crippen LogP contribution in [0.25, 0.3) is 0 Å². The molecule has 25 heavy (non-hydrogen) atoms. The third-order valence-electron chi connectivity index (χ3n) is 5.82. The molecule has 2 aliphatic rings. The third kappa shape index (κ3) is 4.53. The van der Waals surface area contributed by atoms with E-state index in [0.29, 0.717) is 12.3 Å². The van der Waals surface area contributed by atoms with Gasteiger partial charge in [0.15, 0.2) is 0 Å². The predicted molar refractivity (Wildman–Crippen MR) is 94.3 cm³/mol. The second-order valence-corrected chi connectivity index (χ2v) is 7.82. The van der Waals surface area contributed by atoms with E-state index in [0.717, 1.165) is 51.6 Å². The van der Waals surface area contributed by atoms with Crippen molar-refractivity contribution >= 4 is 11.9 Å². The van der Waals surface area contributed by atoms with Gasteiger partial charge in [0.1, 0.15) is 5.75 Å². The molecule has 1 amide bonds. The van der Waals surface area contributed by atoms with Crippen molar-refractivity contribution in [3.63, 3.8) is 0 Å². The van der Waals surface area contributed by atoms with Crippen molar-refractivity contribution in [2.75, 3.05) is 13.1 Å². The van der Waals surface area contributed by atoms with Gasteiger partial charge in [-0.05, 0) is 54.7 Å². The predicted octanol–water partition coefficient (Wildman–Crippen LogP) is 3.21. The summed E-state index contributed by atoms with van der Waals surface area (Å²) in [6.07, 6.45) is 6.16. The van der Waals surface area contributed by atoms with Crippen LogP contribution in [0.15, 0.2) is 24.3 Å². The van der Waals surface area contributed by atoms with E-state index in [-0.39, 0.29) is 23.5 Å². The molecule has 0 spiro atoms. The van der Waals surface area contributed by atoms with Crippen molar-refractivity contribution in [2.24, 2.45) is 11.3 Å². The number of carboxylic acid groups (broad SMARTS) is 1. The van der Waals surface area contributed by atoms with Crippen LogP contribution < -0.4 is 0 Å². The number of phenolic OH excluding ortho intramolecular Hbond substituents is 1.